The number of aromatic carboxylic acids is 1. The second-order valence-corrected chi connectivity index (χ2v) is 5.01. The number of rotatable bonds is 4. The molecule has 21 heavy (non-hydrogen) atoms. The third-order valence-electron chi connectivity index (χ3n) is 2.70. The van der Waals surface area contributed by atoms with Gasteiger partial charge < -0.3 is 9.84 Å². The molecule has 0 aliphatic rings. The molecule has 2 aromatic rings. The molecule has 0 amide bonds. The van der Waals surface area contributed by atoms with Crippen LogP contribution >= 0.6 is 23.2 Å². The molecule has 0 bridgehead atoms. The topological polar surface area (TPSA) is 70.3 Å². The van der Waals surface area contributed by atoms with Gasteiger partial charge in [-0.15, -0.1) is 0 Å². The van der Waals surface area contributed by atoms with Gasteiger partial charge >= 0.3 is 5.97 Å². The molecule has 2 aromatic carbocycles. The van der Waals surface area contributed by atoms with Crippen LogP contribution < -0.4 is 4.74 Å². The fraction of sp³-hybridized carbons (Fsp3) is 0.0667. The molecule has 0 radical (unpaired) electrons. The van der Waals surface area contributed by atoms with Crippen LogP contribution in [0.2, 0.25) is 10.0 Å². The first kappa shape index (κ1) is 15.2. The van der Waals surface area contributed by atoms with Crippen molar-refractivity contribution in [2.24, 2.45) is 0 Å². The fourth-order valence-electron chi connectivity index (χ4n) is 1.70. The number of benzene rings is 2. The van der Waals surface area contributed by atoms with Gasteiger partial charge in [0.2, 0.25) is 0 Å². The molecule has 4 nitrogen and oxygen atoms in total. The van der Waals surface area contributed by atoms with E-state index in [2.05, 4.69) is 0 Å². The van der Waals surface area contributed by atoms with Crippen molar-refractivity contribution in [1.82, 2.24) is 0 Å². The quantitative estimate of drug-likeness (QED) is 0.918. The Kier molecular flexibility index (Phi) is 4.69. The lowest BCUT2D eigenvalue weighted by Gasteiger charge is -2.11. The number of nitriles is 1. The van der Waals surface area contributed by atoms with Crippen molar-refractivity contribution < 1.29 is 14.6 Å². The molecule has 0 fully saturated rings. The Morgan fingerprint density at radius 1 is 1.24 bits per heavy atom. The summed E-state index contributed by atoms with van der Waals surface area (Å²) in [6, 6.07) is 11.5. The predicted molar refractivity (Wildman–Crippen MR) is 78.9 cm³/mol. The molecule has 0 aliphatic carbocycles. The van der Waals surface area contributed by atoms with E-state index in [4.69, 9.17) is 38.3 Å². The molecular formula is C15H9Cl2NO3. The highest BCUT2D eigenvalue weighted by molar-refractivity contribution is 6.36. The molecule has 0 atom stereocenters. The first-order valence-corrected chi connectivity index (χ1v) is 6.61. The minimum Gasteiger partial charge on any atom is -0.486 e. The molecule has 0 saturated heterocycles. The Morgan fingerprint density at radius 2 is 1.90 bits per heavy atom. The highest BCUT2D eigenvalue weighted by Gasteiger charge is 2.16. The van der Waals surface area contributed by atoms with Crippen molar-refractivity contribution in [3.63, 3.8) is 0 Å². The second kappa shape index (κ2) is 6.49. The van der Waals surface area contributed by atoms with E-state index in [0.29, 0.717) is 5.56 Å². The van der Waals surface area contributed by atoms with Crippen LogP contribution in [0.1, 0.15) is 21.5 Å². The molecular weight excluding hydrogens is 313 g/mol. The van der Waals surface area contributed by atoms with Gasteiger partial charge in [0.05, 0.1) is 16.7 Å². The van der Waals surface area contributed by atoms with Crippen LogP contribution in [-0.2, 0) is 6.61 Å². The maximum atomic E-state index is 11.2. The summed E-state index contributed by atoms with van der Waals surface area (Å²) in [5.74, 6) is -1.10. The molecule has 0 aromatic heterocycles. The van der Waals surface area contributed by atoms with Crippen molar-refractivity contribution in [3.8, 4) is 11.8 Å². The lowest BCUT2D eigenvalue weighted by molar-refractivity contribution is 0.0691. The lowest BCUT2D eigenvalue weighted by atomic mass is 10.1. The molecule has 0 heterocycles. The first-order valence-electron chi connectivity index (χ1n) is 5.85. The summed E-state index contributed by atoms with van der Waals surface area (Å²) in [6.45, 7) is 0.132. The molecule has 106 valence electrons. The molecule has 2 rings (SSSR count). The van der Waals surface area contributed by atoms with Gasteiger partial charge in [-0.05, 0) is 29.8 Å². The predicted octanol–water partition coefficient (Wildman–Crippen LogP) is 4.14. The molecule has 0 unspecified atom stereocenters. The minimum absolute atomic E-state index is 0.0675. The zero-order chi connectivity index (χ0) is 15.4. The van der Waals surface area contributed by atoms with E-state index in [0.717, 1.165) is 5.56 Å². The molecule has 6 heteroatoms. The Hall–Kier alpha value is -2.22. The van der Waals surface area contributed by atoms with E-state index in [1.54, 1.807) is 24.3 Å². The van der Waals surface area contributed by atoms with Gasteiger partial charge in [0.25, 0.3) is 0 Å². The minimum atomic E-state index is -1.17. The summed E-state index contributed by atoms with van der Waals surface area (Å²) in [4.78, 5) is 11.2. The lowest BCUT2D eigenvalue weighted by Crippen LogP contribution is -2.04. The third-order valence-corrected chi connectivity index (χ3v) is 3.20. The SMILES string of the molecule is N#Cc1ccc(COc2c(Cl)cc(Cl)cc2C(=O)O)cc1. The highest BCUT2D eigenvalue weighted by Crippen LogP contribution is 2.33. The van der Waals surface area contributed by atoms with Gasteiger partial charge in [-0.3, -0.25) is 0 Å². The van der Waals surface area contributed by atoms with Gasteiger partial charge in [0.15, 0.2) is 5.75 Å². The van der Waals surface area contributed by atoms with Crippen molar-refractivity contribution in [2.75, 3.05) is 0 Å². The Morgan fingerprint density at radius 3 is 2.48 bits per heavy atom. The normalized spacial score (nSPS) is 9.95. The zero-order valence-electron chi connectivity index (χ0n) is 10.6. The van der Waals surface area contributed by atoms with Gasteiger partial charge in [0, 0.05) is 5.02 Å². The van der Waals surface area contributed by atoms with Crippen LogP contribution in [0.4, 0.5) is 0 Å². The third kappa shape index (κ3) is 3.66. The number of nitrogens with zero attached hydrogens (tertiary/aromatic N) is 1. The summed E-state index contributed by atoms with van der Waals surface area (Å²) in [5.41, 5.74) is 1.23. The summed E-state index contributed by atoms with van der Waals surface area (Å²) in [5, 5.41) is 18.2. The number of halogens is 2. The van der Waals surface area contributed by atoms with Gasteiger partial charge in [-0.25, -0.2) is 4.79 Å². The first-order chi connectivity index (χ1) is 10.0. The number of ether oxygens (including phenoxy) is 1. The van der Waals surface area contributed by atoms with E-state index in [-0.39, 0.29) is 28.0 Å². The number of carboxylic acid groups (broad SMARTS) is 1. The van der Waals surface area contributed by atoms with Crippen molar-refractivity contribution >= 4 is 29.2 Å². The molecule has 0 saturated carbocycles. The average molecular weight is 322 g/mol. The summed E-state index contributed by atoms with van der Waals surface area (Å²) in [6.07, 6.45) is 0. The van der Waals surface area contributed by atoms with Crippen molar-refractivity contribution in [2.45, 2.75) is 6.61 Å². The monoisotopic (exact) mass is 321 g/mol. The van der Waals surface area contributed by atoms with Crippen LogP contribution in [0.5, 0.6) is 5.75 Å². The van der Waals surface area contributed by atoms with Crippen LogP contribution in [-0.4, -0.2) is 11.1 Å². The maximum absolute atomic E-state index is 11.2. The highest BCUT2D eigenvalue weighted by atomic mass is 35.5. The van der Waals surface area contributed by atoms with Crippen LogP contribution in [0.15, 0.2) is 36.4 Å². The Labute approximate surface area is 131 Å². The Balaban J connectivity index is 2.23. The van der Waals surface area contributed by atoms with E-state index in [1.807, 2.05) is 6.07 Å². The number of hydrogen-bond acceptors (Lipinski definition) is 3. The van der Waals surface area contributed by atoms with E-state index >= 15 is 0 Å². The van der Waals surface area contributed by atoms with E-state index < -0.39 is 5.97 Å². The van der Waals surface area contributed by atoms with Crippen molar-refractivity contribution in [3.05, 3.63) is 63.1 Å². The second-order valence-electron chi connectivity index (χ2n) is 4.17. The summed E-state index contributed by atoms with van der Waals surface area (Å²) >= 11 is 11.8. The summed E-state index contributed by atoms with van der Waals surface area (Å²) in [7, 11) is 0. The van der Waals surface area contributed by atoms with Crippen LogP contribution in [0, 0.1) is 11.3 Å². The molecule has 0 aliphatic heterocycles. The van der Waals surface area contributed by atoms with Crippen LogP contribution in [0.3, 0.4) is 0 Å². The van der Waals surface area contributed by atoms with Gasteiger partial charge in [-0.1, -0.05) is 35.3 Å². The fourth-order valence-corrected chi connectivity index (χ4v) is 2.24. The number of hydrogen-bond donors (Lipinski definition) is 1. The largest absolute Gasteiger partial charge is 0.486 e. The van der Waals surface area contributed by atoms with E-state index in [9.17, 15) is 4.79 Å². The van der Waals surface area contributed by atoms with Gasteiger partial charge in [0.1, 0.15) is 12.2 Å². The van der Waals surface area contributed by atoms with E-state index in [1.165, 1.54) is 12.1 Å². The number of carbonyl (C=O) groups is 1. The average Bonchev–Trinajstić information content (AvgIpc) is 2.46. The zero-order valence-corrected chi connectivity index (χ0v) is 12.1. The number of carboxylic acids is 1. The molecule has 0 spiro atoms. The smallest absolute Gasteiger partial charge is 0.339 e. The maximum Gasteiger partial charge on any atom is 0.339 e. The van der Waals surface area contributed by atoms with Gasteiger partial charge in [-0.2, -0.15) is 5.26 Å². The van der Waals surface area contributed by atoms with Crippen LogP contribution in [0.25, 0.3) is 0 Å². The Bertz CT molecular complexity index is 721. The summed E-state index contributed by atoms with van der Waals surface area (Å²) < 4.78 is 5.49. The standard InChI is InChI=1S/C15H9Cl2NO3/c16-11-5-12(15(19)20)14(13(17)6-11)21-8-10-3-1-9(7-18)2-4-10/h1-6H,8H2,(H,19,20). The molecule has 1 N–H and O–H groups in total. The van der Waals surface area contributed by atoms with Crippen molar-refractivity contribution in [1.29, 1.82) is 5.26 Å².